The lowest BCUT2D eigenvalue weighted by Gasteiger charge is -2.03. The molecule has 0 amide bonds. The zero-order chi connectivity index (χ0) is 12.1. The Hall–Kier alpha value is -2.10. The Kier molecular flexibility index (Phi) is 3.55. The second kappa shape index (κ2) is 5.30. The molecule has 0 aliphatic rings. The number of hydrogen-bond donors (Lipinski definition) is 0. The van der Waals surface area contributed by atoms with Gasteiger partial charge in [-0.05, 0) is 18.6 Å². The summed E-state index contributed by atoms with van der Waals surface area (Å²) in [5.41, 5.74) is 1.81. The molecule has 4 heteroatoms. The van der Waals surface area contributed by atoms with E-state index in [0.29, 0.717) is 12.4 Å². The molecule has 2 rings (SSSR count). The molecule has 17 heavy (non-hydrogen) atoms. The molecule has 0 unspecified atom stereocenters. The largest absolute Gasteiger partial charge is 0.410 e. The van der Waals surface area contributed by atoms with Crippen LogP contribution in [-0.2, 0) is 11.2 Å². The van der Waals surface area contributed by atoms with Gasteiger partial charge in [-0.3, -0.25) is 4.79 Å². The van der Waals surface area contributed by atoms with E-state index >= 15 is 0 Å². The van der Waals surface area contributed by atoms with Crippen LogP contribution in [0.15, 0.2) is 36.4 Å². The fourth-order valence-electron chi connectivity index (χ4n) is 1.68. The van der Waals surface area contributed by atoms with Gasteiger partial charge in [0.1, 0.15) is 0 Å². The highest BCUT2D eigenvalue weighted by Crippen LogP contribution is 2.19. The van der Waals surface area contributed by atoms with E-state index in [2.05, 4.69) is 12.0 Å². The van der Waals surface area contributed by atoms with Crippen molar-refractivity contribution < 1.29 is 9.53 Å². The lowest BCUT2D eigenvalue weighted by Crippen LogP contribution is -2.01. The summed E-state index contributed by atoms with van der Waals surface area (Å²) in [6.07, 6.45) is 1.88. The topological polar surface area (TPSA) is 44.1 Å². The summed E-state index contributed by atoms with van der Waals surface area (Å²) in [6, 6.07) is 11.4. The van der Waals surface area contributed by atoms with Gasteiger partial charge in [0.15, 0.2) is 0 Å². The Morgan fingerprint density at radius 2 is 2.12 bits per heavy atom. The summed E-state index contributed by atoms with van der Waals surface area (Å²) in [5, 5.41) is 4.42. The van der Waals surface area contributed by atoms with Crippen LogP contribution >= 0.6 is 0 Å². The van der Waals surface area contributed by atoms with E-state index in [0.717, 1.165) is 24.2 Å². The molecule has 0 N–H and O–H groups in total. The van der Waals surface area contributed by atoms with Crippen molar-refractivity contribution in [3.8, 4) is 11.6 Å². The van der Waals surface area contributed by atoms with Gasteiger partial charge in [-0.25, -0.2) is 4.68 Å². The Morgan fingerprint density at radius 1 is 1.35 bits per heavy atom. The summed E-state index contributed by atoms with van der Waals surface area (Å²) in [6.45, 7) is 2.51. The number of aryl methyl sites for hydroxylation is 1. The summed E-state index contributed by atoms with van der Waals surface area (Å²) in [7, 11) is 0. The lowest BCUT2D eigenvalue weighted by atomic mass is 10.2. The molecule has 0 aliphatic carbocycles. The van der Waals surface area contributed by atoms with Crippen LogP contribution in [0.3, 0.4) is 0 Å². The van der Waals surface area contributed by atoms with E-state index in [4.69, 9.17) is 4.74 Å². The summed E-state index contributed by atoms with van der Waals surface area (Å²) < 4.78 is 6.58. The third-order valence-corrected chi connectivity index (χ3v) is 2.40. The average Bonchev–Trinajstić information content (AvgIpc) is 2.74. The first-order valence-electron chi connectivity index (χ1n) is 5.60. The fraction of sp³-hybridized carbons (Fsp3) is 0.231. The minimum absolute atomic E-state index is 0.423. The highest BCUT2D eigenvalue weighted by Gasteiger charge is 2.09. The molecule has 0 aliphatic heterocycles. The van der Waals surface area contributed by atoms with Crippen LogP contribution in [0, 0.1) is 0 Å². The first-order chi connectivity index (χ1) is 8.35. The molecule has 0 fully saturated rings. The fourth-order valence-corrected chi connectivity index (χ4v) is 1.68. The van der Waals surface area contributed by atoms with E-state index in [1.165, 1.54) is 0 Å². The third-order valence-electron chi connectivity index (χ3n) is 2.40. The van der Waals surface area contributed by atoms with Crippen molar-refractivity contribution in [3.63, 3.8) is 0 Å². The van der Waals surface area contributed by atoms with Gasteiger partial charge < -0.3 is 4.74 Å². The lowest BCUT2D eigenvalue weighted by molar-refractivity contribution is -0.121. The molecular weight excluding hydrogens is 216 g/mol. The van der Waals surface area contributed by atoms with Gasteiger partial charge in [0.2, 0.25) is 5.88 Å². The van der Waals surface area contributed by atoms with Gasteiger partial charge in [-0.1, -0.05) is 31.5 Å². The highest BCUT2D eigenvalue weighted by atomic mass is 16.5. The molecule has 88 valence electrons. The number of benzene rings is 1. The number of aromatic nitrogens is 2. The Balaban J connectivity index is 2.40. The van der Waals surface area contributed by atoms with Gasteiger partial charge in [0.25, 0.3) is 6.47 Å². The molecule has 0 saturated heterocycles. The number of para-hydroxylation sites is 1. The van der Waals surface area contributed by atoms with Gasteiger partial charge in [-0.15, -0.1) is 0 Å². The molecule has 1 aromatic carbocycles. The van der Waals surface area contributed by atoms with Crippen LogP contribution in [0.2, 0.25) is 0 Å². The molecule has 0 radical (unpaired) electrons. The average molecular weight is 230 g/mol. The number of carbonyl (C=O) groups excluding carboxylic acids is 1. The van der Waals surface area contributed by atoms with Crippen molar-refractivity contribution in [2.75, 3.05) is 0 Å². The summed E-state index contributed by atoms with van der Waals surface area (Å²) in [4.78, 5) is 10.5. The SMILES string of the molecule is CCCc1cc(OC=O)n(-c2ccccc2)n1. The van der Waals surface area contributed by atoms with Crippen LogP contribution in [0.25, 0.3) is 5.69 Å². The van der Waals surface area contributed by atoms with E-state index in [1.807, 2.05) is 30.3 Å². The van der Waals surface area contributed by atoms with E-state index < -0.39 is 0 Å². The van der Waals surface area contributed by atoms with Crippen molar-refractivity contribution in [2.24, 2.45) is 0 Å². The molecule has 0 spiro atoms. The first kappa shape index (κ1) is 11.4. The van der Waals surface area contributed by atoms with Crippen molar-refractivity contribution in [2.45, 2.75) is 19.8 Å². The Labute approximate surface area is 99.8 Å². The Morgan fingerprint density at radius 3 is 2.76 bits per heavy atom. The predicted octanol–water partition coefficient (Wildman–Crippen LogP) is 2.36. The molecule has 1 heterocycles. The van der Waals surface area contributed by atoms with Crippen molar-refractivity contribution >= 4 is 6.47 Å². The van der Waals surface area contributed by atoms with Gasteiger partial charge in [-0.2, -0.15) is 5.10 Å². The van der Waals surface area contributed by atoms with Gasteiger partial charge in [0.05, 0.1) is 11.4 Å². The minimum Gasteiger partial charge on any atom is -0.410 e. The summed E-state index contributed by atoms with van der Waals surface area (Å²) in [5.74, 6) is 0.453. The number of rotatable bonds is 5. The summed E-state index contributed by atoms with van der Waals surface area (Å²) >= 11 is 0. The third kappa shape index (κ3) is 2.53. The number of ether oxygens (including phenoxy) is 1. The zero-order valence-electron chi connectivity index (χ0n) is 9.67. The second-order valence-corrected chi connectivity index (χ2v) is 3.69. The van der Waals surface area contributed by atoms with Crippen molar-refractivity contribution in [3.05, 3.63) is 42.1 Å². The molecule has 2 aromatic rings. The van der Waals surface area contributed by atoms with Crippen molar-refractivity contribution in [1.82, 2.24) is 9.78 Å². The van der Waals surface area contributed by atoms with Crippen LogP contribution in [0.5, 0.6) is 5.88 Å². The van der Waals surface area contributed by atoms with Crippen molar-refractivity contribution in [1.29, 1.82) is 0 Å². The molecule has 0 atom stereocenters. The van der Waals surface area contributed by atoms with E-state index in [9.17, 15) is 4.79 Å². The maximum Gasteiger partial charge on any atom is 0.299 e. The maximum absolute atomic E-state index is 10.5. The second-order valence-electron chi connectivity index (χ2n) is 3.69. The van der Waals surface area contributed by atoms with Crippen LogP contribution < -0.4 is 4.74 Å². The van der Waals surface area contributed by atoms with Crippen LogP contribution in [0.1, 0.15) is 19.0 Å². The molecular formula is C13H14N2O2. The van der Waals surface area contributed by atoms with Gasteiger partial charge in [0, 0.05) is 6.07 Å². The molecule has 0 bridgehead atoms. The van der Waals surface area contributed by atoms with E-state index in [1.54, 1.807) is 10.7 Å². The highest BCUT2D eigenvalue weighted by molar-refractivity contribution is 5.46. The van der Waals surface area contributed by atoms with Gasteiger partial charge >= 0.3 is 0 Å². The van der Waals surface area contributed by atoms with Crippen LogP contribution in [-0.4, -0.2) is 16.3 Å². The number of hydrogen-bond acceptors (Lipinski definition) is 3. The smallest absolute Gasteiger partial charge is 0.299 e. The standard InChI is InChI=1S/C13H14N2O2/c1-2-6-11-9-13(17-10-16)15(14-11)12-7-4-3-5-8-12/h3-5,7-10H,2,6H2,1H3. The first-order valence-corrected chi connectivity index (χ1v) is 5.60. The Bertz CT molecular complexity index is 491. The number of carbonyl (C=O) groups is 1. The van der Waals surface area contributed by atoms with Crippen LogP contribution in [0.4, 0.5) is 0 Å². The quantitative estimate of drug-likeness (QED) is 0.740. The predicted molar refractivity (Wildman–Crippen MR) is 64.3 cm³/mol. The normalized spacial score (nSPS) is 10.2. The molecule has 4 nitrogen and oxygen atoms in total. The van der Waals surface area contributed by atoms with E-state index in [-0.39, 0.29) is 0 Å². The molecule has 1 aromatic heterocycles. The maximum atomic E-state index is 10.5. The molecule has 0 saturated carbocycles. The minimum atomic E-state index is 0.423. The monoisotopic (exact) mass is 230 g/mol. The number of nitrogens with zero attached hydrogens (tertiary/aromatic N) is 2. The zero-order valence-corrected chi connectivity index (χ0v) is 9.67.